The molecule has 0 aliphatic rings. The van der Waals surface area contributed by atoms with Crippen LogP contribution in [0.25, 0.3) is 10.9 Å². The van der Waals surface area contributed by atoms with Crippen LogP contribution in [-0.2, 0) is 24.3 Å². The average Bonchev–Trinajstić information content (AvgIpc) is 3.39. The molecule has 4 aromatic rings. The maximum atomic E-state index is 13.2. The zero-order valence-electron chi connectivity index (χ0n) is 18.9. The van der Waals surface area contributed by atoms with Crippen molar-refractivity contribution in [2.45, 2.75) is 24.7 Å². The Balaban J connectivity index is 1.46. The van der Waals surface area contributed by atoms with Gasteiger partial charge in [0.05, 0.1) is 30.9 Å². The minimum absolute atomic E-state index is 0.0876. The Labute approximate surface area is 205 Å². The van der Waals surface area contributed by atoms with E-state index in [9.17, 15) is 9.59 Å². The van der Waals surface area contributed by atoms with E-state index in [2.05, 4.69) is 16.4 Å². The van der Waals surface area contributed by atoms with Crippen LogP contribution in [0, 0.1) is 0 Å². The van der Waals surface area contributed by atoms with Crippen LogP contribution in [-0.4, -0.2) is 35.4 Å². The van der Waals surface area contributed by atoms with Gasteiger partial charge in [-0.15, -0.1) is 11.3 Å². The molecule has 4 rings (SSSR count). The number of fused-ring (bicyclic) bond motifs is 1. The topological polar surface area (TPSA) is 82.5 Å². The van der Waals surface area contributed by atoms with E-state index in [1.165, 1.54) is 16.6 Å². The molecule has 0 unspecified atom stereocenters. The molecule has 176 valence electrons. The van der Waals surface area contributed by atoms with Crippen LogP contribution in [0.15, 0.2) is 69.9 Å². The summed E-state index contributed by atoms with van der Waals surface area (Å²) in [7, 11) is 3.16. The lowest BCUT2D eigenvalue weighted by Gasteiger charge is -2.13. The third kappa shape index (κ3) is 5.60. The Kier molecular flexibility index (Phi) is 7.87. The standard InChI is InChI=1S/C25H25N3O4S2/c1-31-21-10-9-17(14-22(21)32-2)15-26-23(29)16-34-25-27-20-8-4-3-7-19(20)24(30)28(25)12-11-18-6-5-13-33-18/h3-10,13-14H,11-12,15-16H2,1-2H3,(H,26,29). The van der Waals surface area contributed by atoms with Crippen molar-refractivity contribution < 1.29 is 14.3 Å². The molecular weight excluding hydrogens is 470 g/mol. The summed E-state index contributed by atoms with van der Waals surface area (Å²) in [5.41, 5.74) is 1.44. The SMILES string of the molecule is COc1ccc(CNC(=O)CSc2nc3ccccc3c(=O)n2CCc2cccs2)cc1OC. The van der Waals surface area contributed by atoms with Gasteiger partial charge in [-0.1, -0.05) is 36.0 Å². The number of nitrogens with one attached hydrogen (secondary N) is 1. The number of hydrogen-bond acceptors (Lipinski definition) is 7. The number of para-hydroxylation sites is 1. The molecule has 0 atom stereocenters. The van der Waals surface area contributed by atoms with Gasteiger partial charge in [0.25, 0.3) is 5.56 Å². The van der Waals surface area contributed by atoms with Crippen molar-refractivity contribution in [3.8, 4) is 11.5 Å². The van der Waals surface area contributed by atoms with E-state index in [0.29, 0.717) is 40.6 Å². The first-order valence-electron chi connectivity index (χ1n) is 10.7. The second kappa shape index (κ2) is 11.2. The summed E-state index contributed by atoms with van der Waals surface area (Å²) in [6.07, 6.45) is 0.733. The molecule has 1 N–H and O–H groups in total. The second-order valence-corrected chi connectivity index (χ2v) is 9.43. The molecule has 1 amide bonds. The molecule has 9 heteroatoms. The molecule has 0 aliphatic heterocycles. The maximum absolute atomic E-state index is 13.2. The van der Waals surface area contributed by atoms with Crippen LogP contribution >= 0.6 is 23.1 Å². The molecule has 0 radical (unpaired) electrons. The highest BCUT2D eigenvalue weighted by atomic mass is 32.2. The minimum atomic E-state index is -0.146. The van der Waals surface area contributed by atoms with Gasteiger partial charge in [-0.2, -0.15) is 0 Å². The average molecular weight is 496 g/mol. The van der Waals surface area contributed by atoms with Crippen LogP contribution in [0.1, 0.15) is 10.4 Å². The Morgan fingerprint density at radius 1 is 1.09 bits per heavy atom. The summed E-state index contributed by atoms with van der Waals surface area (Å²) in [6.45, 7) is 0.864. The highest BCUT2D eigenvalue weighted by Crippen LogP contribution is 2.27. The van der Waals surface area contributed by atoms with Gasteiger partial charge in [-0.25, -0.2) is 4.98 Å². The van der Waals surface area contributed by atoms with Gasteiger partial charge in [-0.3, -0.25) is 14.2 Å². The van der Waals surface area contributed by atoms with Gasteiger partial charge in [-0.05, 0) is 47.7 Å². The van der Waals surface area contributed by atoms with Gasteiger partial charge in [0.15, 0.2) is 16.7 Å². The first kappa shape index (κ1) is 23.8. The third-order valence-electron chi connectivity index (χ3n) is 5.26. The van der Waals surface area contributed by atoms with E-state index >= 15 is 0 Å². The van der Waals surface area contributed by atoms with Crippen molar-refractivity contribution in [3.63, 3.8) is 0 Å². The van der Waals surface area contributed by atoms with E-state index in [4.69, 9.17) is 9.47 Å². The van der Waals surface area contributed by atoms with Crippen LogP contribution in [0.3, 0.4) is 0 Å². The number of nitrogens with zero attached hydrogens (tertiary/aromatic N) is 2. The van der Waals surface area contributed by atoms with E-state index in [0.717, 1.165) is 12.0 Å². The van der Waals surface area contributed by atoms with Crippen molar-refractivity contribution in [3.05, 3.63) is 80.8 Å². The van der Waals surface area contributed by atoms with Crippen molar-refractivity contribution in [2.24, 2.45) is 0 Å². The smallest absolute Gasteiger partial charge is 0.262 e. The number of rotatable bonds is 10. The zero-order valence-corrected chi connectivity index (χ0v) is 20.6. The quantitative estimate of drug-likeness (QED) is 0.263. The number of hydrogen-bond donors (Lipinski definition) is 1. The number of carbonyl (C=O) groups is 1. The molecule has 0 spiro atoms. The molecular formula is C25H25N3O4S2. The van der Waals surface area contributed by atoms with E-state index in [1.54, 1.807) is 42.3 Å². The zero-order chi connectivity index (χ0) is 23.9. The lowest BCUT2D eigenvalue weighted by Crippen LogP contribution is -2.27. The molecule has 2 aromatic heterocycles. The van der Waals surface area contributed by atoms with Crippen molar-refractivity contribution in [1.82, 2.24) is 14.9 Å². The molecule has 0 aliphatic carbocycles. The van der Waals surface area contributed by atoms with E-state index in [-0.39, 0.29) is 17.2 Å². The van der Waals surface area contributed by atoms with Crippen LogP contribution in [0.5, 0.6) is 11.5 Å². The Morgan fingerprint density at radius 3 is 2.68 bits per heavy atom. The maximum Gasteiger partial charge on any atom is 0.262 e. The summed E-state index contributed by atoms with van der Waals surface area (Å²) >= 11 is 2.93. The summed E-state index contributed by atoms with van der Waals surface area (Å²) in [5.74, 6) is 1.25. The highest BCUT2D eigenvalue weighted by Gasteiger charge is 2.14. The van der Waals surface area contributed by atoms with Gasteiger partial charge in [0, 0.05) is 18.0 Å². The summed E-state index contributed by atoms with van der Waals surface area (Å²) < 4.78 is 12.2. The predicted octanol–water partition coefficient (Wildman–Crippen LogP) is 4.13. The van der Waals surface area contributed by atoms with Crippen LogP contribution in [0.4, 0.5) is 0 Å². The summed E-state index contributed by atoms with van der Waals surface area (Å²) in [6, 6.07) is 16.9. The van der Waals surface area contributed by atoms with Gasteiger partial charge in [0.1, 0.15) is 0 Å². The number of thiophene rings is 1. The van der Waals surface area contributed by atoms with E-state index < -0.39 is 0 Å². The number of aromatic nitrogens is 2. The Morgan fingerprint density at radius 2 is 1.91 bits per heavy atom. The van der Waals surface area contributed by atoms with Crippen molar-refractivity contribution >= 4 is 39.9 Å². The molecule has 0 saturated carbocycles. The fourth-order valence-corrected chi connectivity index (χ4v) is 5.06. The second-order valence-electron chi connectivity index (χ2n) is 7.45. The summed E-state index contributed by atoms with van der Waals surface area (Å²) in [5, 5.41) is 6.06. The number of ether oxygens (including phenoxy) is 2. The highest BCUT2D eigenvalue weighted by molar-refractivity contribution is 7.99. The van der Waals surface area contributed by atoms with Crippen molar-refractivity contribution in [2.75, 3.05) is 20.0 Å². The fraction of sp³-hybridized carbons (Fsp3) is 0.240. The number of aryl methyl sites for hydroxylation is 1. The molecule has 2 aromatic carbocycles. The molecule has 2 heterocycles. The molecule has 0 fully saturated rings. The van der Waals surface area contributed by atoms with Gasteiger partial charge in [0.2, 0.25) is 5.91 Å². The first-order chi connectivity index (χ1) is 16.6. The molecule has 0 bridgehead atoms. The predicted molar refractivity (Wildman–Crippen MR) is 136 cm³/mol. The lowest BCUT2D eigenvalue weighted by atomic mass is 10.2. The molecule has 34 heavy (non-hydrogen) atoms. The molecule has 7 nitrogen and oxygen atoms in total. The molecule has 0 saturated heterocycles. The number of carbonyl (C=O) groups excluding carboxylic acids is 1. The van der Waals surface area contributed by atoms with Crippen LogP contribution < -0.4 is 20.3 Å². The Hall–Kier alpha value is -3.30. The lowest BCUT2D eigenvalue weighted by molar-refractivity contribution is -0.118. The van der Waals surface area contributed by atoms with Gasteiger partial charge >= 0.3 is 0 Å². The van der Waals surface area contributed by atoms with Crippen LogP contribution in [0.2, 0.25) is 0 Å². The normalized spacial score (nSPS) is 10.9. The van der Waals surface area contributed by atoms with Gasteiger partial charge < -0.3 is 14.8 Å². The Bertz CT molecular complexity index is 1340. The number of thioether (sulfide) groups is 1. The third-order valence-corrected chi connectivity index (χ3v) is 7.17. The monoisotopic (exact) mass is 495 g/mol. The summed E-state index contributed by atoms with van der Waals surface area (Å²) in [4.78, 5) is 31.6. The fourth-order valence-electron chi connectivity index (χ4n) is 3.50. The number of amides is 1. The minimum Gasteiger partial charge on any atom is -0.493 e. The first-order valence-corrected chi connectivity index (χ1v) is 12.6. The largest absolute Gasteiger partial charge is 0.493 e. The van der Waals surface area contributed by atoms with E-state index in [1.807, 2.05) is 41.8 Å². The van der Waals surface area contributed by atoms with Crippen molar-refractivity contribution in [1.29, 1.82) is 0 Å². The number of methoxy groups -OCH3 is 2. The number of benzene rings is 2.